The summed E-state index contributed by atoms with van der Waals surface area (Å²) in [7, 11) is 0. The summed E-state index contributed by atoms with van der Waals surface area (Å²) < 4.78 is 5.68. The summed E-state index contributed by atoms with van der Waals surface area (Å²) in [6.45, 7) is 3.85. The first-order chi connectivity index (χ1) is 11.3. The highest BCUT2D eigenvalue weighted by molar-refractivity contribution is 6.30. The van der Waals surface area contributed by atoms with Gasteiger partial charge in [0.05, 0.1) is 13.2 Å². The second-order valence-corrected chi connectivity index (χ2v) is 7.94. The zero-order valence-electron chi connectivity index (χ0n) is 13.7. The fourth-order valence-electron chi connectivity index (χ4n) is 4.43. The van der Waals surface area contributed by atoms with Crippen molar-refractivity contribution in [1.29, 1.82) is 0 Å². The number of morpholine rings is 1. The van der Waals surface area contributed by atoms with Crippen molar-refractivity contribution in [2.24, 2.45) is 5.92 Å². The quantitative estimate of drug-likeness (QED) is 0.868. The van der Waals surface area contributed by atoms with E-state index in [4.69, 9.17) is 16.3 Å². The van der Waals surface area contributed by atoms with Gasteiger partial charge in [-0.2, -0.15) is 0 Å². The molecule has 2 saturated carbocycles. The predicted octanol–water partition coefficient (Wildman–Crippen LogP) is 3.12. The molecule has 3 nitrogen and oxygen atoms in total. The molecule has 0 amide bonds. The van der Waals surface area contributed by atoms with E-state index in [1.54, 1.807) is 0 Å². The van der Waals surface area contributed by atoms with Crippen molar-refractivity contribution in [2.45, 2.75) is 49.6 Å². The van der Waals surface area contributed by atoms with Gasteiger partial charge in [0.1, 0.15) is 0 Å². The van der Waals surface area contributed by atoms with E-state index in [2.05, 4.69) is 22.8 Å². The van der Waals surface area contributed by atoms with Crippen LogP contribution >= 0.6 is 11.6 Å². The van der Waals surface area contributed by atoms with E-state index >= 15 is 0 Å². The molecule has 1 aliphatic heterocycles. The van der Waals surface area contributed by atoms with Crippen molar-refractivity contribution in [2.75, 3.05) is 26.3 Å². The van der Waals surface area contributed by atoms with Crippen molar-refractivity contribution in [3.05, 3.63) is 34.9 Å². The van der Waals surface area contributed by atoms with Gasteiger partial charge in [0.15, 0.2) is 0 Å². The summed E-state index contributed by atoms with van der Waals surface area (Å²) >= 11 is 6.03. The topological polar surface area (TPSA) is 33.3 Å². The molecule has 3 atom stereocenters. The van der Waals surface area contributed by atoms with Gasteiger partial charge in [-0.3, -0.25) is 0 Å². The monoisotopic (exact) mass is 334 g/mol. The Hall–Kier alpha value is -0.610. The summed E-state index contributed by atoms with van der Waals surface area (Å²) in [5.41, 5.74) is 1.80. The van der Waals surface area contributed by atoms with Crippen LogP contribution < -0.4 is 10.6 Å². The van der Waals surface area contributed by atoms with Gasteiger partial charge in [-0.15, -0.1) is 0 Å². The van der Waals surface area contributed by atoms with E-state index < -0.39 is 0 Å². The number of hydrogen-bond acceptors (Lipinski definition) is 3. The van der Waals surface area contributed by atoms with Crippen molar-refractivity contribution >= 4 is 11.6 Å². The number of rotatable bonds is 5. The molecular formula is C19H27ClN2O. The molecule has 4 rings (SSSR count). The minimum atomic E-state index is 0.355. The fourth-order valence-corrected chi connectivity index (χ4v) is 4.56. The first kappa shape index (κ1) is 15.9. The molecule has 0 radical (unpaired) electrons. The lowest BCUT2D eigenvalue weighted by Crippen LogP contribution is -2.51. The standard InChI is InChI=1S/C19H27ClN2O/c20-15-6-4-14(5-7-15)19(8-9-19)13-22-17-3-1-2-16(17)18-12-23-11-10-21-18/h4-7,16-18,21-22H,1-3,8-13H2. The molecule has 3 unspecified atom stereocenters. The van der Waals surface area contributed by atoms with Gasteiger partial charge in [0.2, 0.25) is 0 Å². The van der Waals surface area contributed by atoms with Crippen molar-refractivity contribution < 1.29 is 4.74 Å². The number of halogens is 1. The molecule has 0 aromatic heterocycles. The second-order valence-electron chi connectivity index (χ2n) is 7.50. The average molecular weight is 335 g/mol. The molecule has 0 spiro atoms. The van der Waals surface area contributed by atoms with E-state index in [1.165, 1.54) is 37.7 Å². The Labute approximate surface area is 144 Å². The van der Waals surface area contributed by atoms with E-state index in [9.17, 15) is 0 Å². The van der Waals surface area contributed by atoms with E-state index in [0.29, 0.717) is 17.5 Å². The van der Waals surface area contributed by atoms with Crippen LogP contribution in [0.1, 0.15) is 37.7 Å². The Morgan fingerprint density at radius 2 is 2.04 bits per heavy atom. The molecule has 1 saturated heterocycles. The first-order valence-electron chi connectivity index (χ1n) is 9.07. The Kier molecular flexibility index (Phi) is 4.64. The van der Waals surface area contributed by atoms with Crippen LogP contribution in [0, 0.1) is 5.92 Å². The maximum Gasteiger partial charge on any atom is 0.0623 e. The third kappa shape index (κ3) is 3.43. The van der Waals surface area contributed by atoms with Crippen LogP contribution in [-0.2, 0) is 10.2 Å². The molecule has 2 aliphatic carbocycles. The third-order valence-corrected chi connectivity index (χ3v) is 6.30. The molecule has 3 aliphatic rings. The van der Waals surface area contributed by atoms with Gasteiger partial charge in [-0.1, -0.05) is 30.2 Å². The lowest BCUT2D eigenvalue weighted by molar-refractivity contribution is 0.0524. The Bertz CT molecular complexity index is 523. The lowest BCUT2D eigenvalue weighted by Gasteiger charge is -2.33. The van der Waals surface area contributed by atoms with Gasteiger partial charge >= 0.3 is 0 Å². The molecule has 23 heavy (non-hydrogen) atoms. The van der Waals surface area contributed by atoms with Gasteiger partial charge in [-0.25, -0.2) is 0 Å². The molecule has 1 heterocycles. The van der Waals surface area contributed by atoms with Gasteiger partial charge in [0, 0.05) is 35.6 Å². The predicted molar refractivity (Wildman–Crippen MR) is 94.1 cm³/mol. The lowest BCUT2D eigenvalue weighted by atomic mass is 9.92. The van der Waals surface area contributed by atoms with E-state index in [0.717, 1.165) is 37.2 Å². The molecule has 126 valence electrons. The molecule has 2 N–H and O–H groups in total. The van der Waals surface area contributed by atoms with E-state index in [-0.39, 0.29) is 0 Å². The fraction of sp³-hybridized carbons (Fsp3) is 0.684. The maximum atomic E-state index is 6.03. The van der Waals surface area contributed by atoms with Crippen LogP contribution in [-0.4, -0.2) is 38.4 Å². The Morgan fingerprint density at radius 3 is 2.74 bits per heavy atom. The molecule has 1 aromatic carbocycles. The van der Waals surface area contributed by atoms with Crippen LogP contribution in [0.4, 0.5) is 0 Å². The highest BCUT2D eigenvalue weighted by Crippen LogP contribution is 2.48. The molecule has 1 aromatic rings. The summed E-state index contributed by atoms with van der Waals surface area (Å²) in [4.78, 5) is 0. The number of nitrogens with one attached hydrogen (secondary N) is 2. The average Bonchev–Trinajstić information content (AvgIpc) is 3.23. The van der Waals surface area contributed by atoms with Crippen LogP contribution in [0.2, 0.25) is 5.02 Å². The van der Waals surface area contributed by atoms with Gasteiger partial charge in [0.25, 0.3) is 0 Å². The molecule has 0 bridgehead atoms. The second kappa shape index (κ2) is 6.72. The van der Waals surface area contributed by atoms with Crippen LogP contribution in [0.3, 0.4) is 0 Å². The number of benzene rings is 1. The minimum Gasteiger partial charge on any atom is -0.379 e. The zero-order chi connectivity index (χ0) is 15.7. The van der Waals surface area contributed by atoms with Crippen molar-refractivity contribution in [3.63, 3.8) is 0 Å². The SMILES string of the molecule is Clc1ccc(C2(CNC3CCCC3C3COCCN3)CC2)cc1. The van der Waals surface area contributed by atoms with Crippen LogP contribution in [0.15, 0.2) is 24.3 Å². The summed E-state index contributed by atoms with van der Waals surface area (Å²) in [6, 6.07) is 9.64. The van der Waals surface area contributed by atoms with Crippen molar-refractivity contribution in [1.82, 2.24) is 10.6 Å². The zero-order valence-corrected chi connectivity index (χ0v) is 14.4. The number of hydrogen-bond donors (Lipinski definition) is 2. The maximum absolute atomic E-state index is 6.03. The summed E-state index contributed by atoms with van der Waals surface area (Å²) in [5, 5.41) is 8.41. The summed E-state index contributed by atoms with van der Waals surface area (Å²) in [6.07, 6.45) is 6.56. The largest absolute Gasteiger partial charge is 0.379 e. The molecule has 4 heteroatoms. The Morgan fingerprint density at radius 1 is 1.22 bits per heavy atom. The van der Waals surface area contributed by atoms with E-state index in [1.807, 2.05) is 12.1 Å². The third-order valence-electron chi connectivity index (χ3n) is 6.05. The van der Waals surface area contributed by atoms with Crippen LogP contribution in [0.5, 0.6) is 0 Å². The smallest absolute Gasteiger partial charge is 0.0623 e. The normalized spacial score (nSPS) is 32.8. The highest BCUT2D eigenvalue weighted by atomic mass is 35.5. The molecular weight excluding hydrogens is 308 g/mol. The number of ether oxygens (including phenoxy) is 1. The minimum absolute atomic E-state index is 0.355. The molecule has 3 fully saturated rings. The summed E-state index contributed by atoms with van der Waals surface area (Å²) in [5.74, 6) is 0.719. The highest BCUT2D eigenvalue weighted by Gasteiger charge is 2.45. The van der Waals surface area contributed by atoms with Gasteiger partial charge in [-0.05, 0) is 49.3 Å². The first-order valence-corrected chi connectivity index (χ1v) is 9.45. The Balaban J connectivity index is 1.37. The van der Waals surface area contributed by atoms with Crippen LogP contribution in [0.25, 0.3) is 0 Å². The van der Waals surface area contributed by atoms with Crippen molar-refractivity contribution in [3.8, 4) is 0 Å². The van der Waals surface area contributed by atoms with Gasteiger partial charge < -0.3 is 15.4 Å².